The summed E-state index contributed by atoms with van der Waals surface area (Å²) < 4.78 is 4.49. The highest BCUT2D eigenvalue weighted by atomic mass is 16.5. The van der Waals surface area contributed by atoms with Crippen LogP contribution < -0.4 is 0 Å². The summed E-state index contributed by atoms with van der Waals surface area (Å²) in [5.41, 5.74) is -2.63. The Bertz CT molecular complexity index is 360. The van der Waals surface area contributed by atoms with E-state index < -0.39 is 41.6 Å². The number of hydrogen-bond acceptors (Lipinski definition) is 5. The smallest absolute Gasteiger partial charge is 0.325 e. The zero-order chi connectivity index (χ0) is 14.5. The van der Waals surface area contributed by atoms with Gasteiger partial charge in [0.25, 0.3) is 0 Å². The SMILES string of the molecule is CCOC(=O)[C@](CC)(C(=O)O)C(C(=O)O)C(=O)O. The number of esters is 1. The monoisotopic (exact) mass is 262 g/mol. The van der Waals surface area contributed by atoms with E-state index in [0.29, 0.717) is 0 Å². The van der Waals surface area contributed by atoms with Crippen LogP contribution in [0.1, 0.15) is 20.3 Å². The first-order valence-electron chi connectivity index (χ1n) is 5.11. The molecular formula is C10H14O8. The van der Waals surface area contributed by atoms with Crippen molar-refractivity contribution in [3.8, 4) is 0 Å². The van der Waals surface area contributed by atoms with Gasteiger partial charge in [-0.25, -0.2) is 0 Å². The second-order valence-electron chi connectivity index (χ2n) is 3.46. The van der Waals surface area contributed by atoms with Crippen LogP contribution in [0.25, 0.3) is 0 Å². The van der Waals surface area contributed by atoms with Crippen LogP contribution in [0.15, 0.2) is 0 Å². The van der Waals surface area contributed by atoms with Crippen molar-refractivity contribution in [3.05, 3.63) is 0 Å². The van der Waals surface area contributed by atoms with Crippen molar-refractivity contribution in [3.63, 3.8) is 0 Å². The molecule has 0 bridgehead atoms. The van der Waals surface area contributed by atoms with Gasteiger partial charge in [-0.3, -0.25) is 19.2 Å². The van der Waals surface area contributed by atoms with Gasteiger partial charge in [0.15, 0.2) is 11.3 Å². The second-order valence-corrected chi connectivity index (χ2v) is 3.46. The van der Waals surface area contributed by atoms with Crippen molar-refractivity contribution in [2.45, 2.75) is 20.3 Å². The predicted molar refractivity (Wildman–Crippen MR) is 55.8 cm³/mol. The third kappa shape index (κ3) is 2.58. The Morgan fingerprint density at radius 3 is 1.72 bits per heavy atom. The van der Waals surface area contributed by atoms with E-state index in [-0.39, 0.29) is 6.61 Å². The summed E-state index contributed by atoms with van der Waals surface area (Å²) in [5.74, 6) is -9.41. The third-order valence-electron chi connectivity index (χ3n) is 2.57. The molecule has 0 aliphatic rings. The number of ether oxygens (including phenoxy) is 1. The quantitative estimate of drug-likeness (QED) is 0.424. The number of carbonyl (C=O) groups is 4. The van der Waals surface area contributed by atoms with E-state index in [4.69, 9.17) is 15.3 Å². The molecule has 3 N–H and O–H groups in total. The van der Waals surface area contributed by atoms with Crippen molar-refractivity contribution in [1.29, 1.82) is 0 Å². The lowest BCUT2D eigenvalue weighted by Gasteiger charge is -2.28. The van der Waals surface area contributed by atoms with Gasteiger partial charge in [0.2, 0.25) is 0 Å². The van der Waals surface area contributed by atoms with Gasteiger partial charge in [-0.1, -0.05) is 6.92 Å². The molecule has 0 saturated carbocycles. The summed E-state index contributed by atoms with van der Waals surface area (Å²) in [4.78, 5) is 44.7. The number of carbonyl (C=O) groups excluding carboxylic acids is 1. The molecule has 8 heteroatoms. The normalized spacial score (nSPS) is 13.7. The minimum absolute atomic E-state index is 0.181. The fourth-order valence-electron chi connectivity index (χ4n) is 1.62. The van der Waals surface area contributed by atoms with Gasteiger partial charge in [-0.2, -0.15) is 0 Å². The first-order valence-corrected chi connectivity index (χ1v) is 5.11. The van der Waals surface area contributed by atoms with Crippen LogP contribution in [-0.2, 0) is 23.9 Å². The maximum absolute atomic E-state index is 11.7. The molecule has 0 amide bonds. The van der Waals surface area contributed by atoms with E-state index in [0.717, 1.165) is 0 Å². The first kappa shape index (κ1) is 15.9. The molecule has 18 heavy (non-hydrogen) atoms. The molecule has 102 valence electrons. The summed E-state index contributed by atoms with van der Waals surface area (Å²) >= 11 is 0. The van der Waals surface area contributed by atoms with E-state index in [1.807, 2.05) is 0 Å². The van der Waals surface area contributed by atoms with Crippen LogP contribution in [-0.4, -0.2) is 45.8 Å². The van der Waals surface area contributed by atoms with Crippen LogP contribution in [0.5, 0.6) is 0 Å². The van der Waals surface area contributed by atoms with Crippen LogP contribution in [0, 0.1) is 11.3 Å². The van der Waals surface area contributed by atoms with E-state index in [2.05, 4.69) is 4.74 Å². The second kappa shape index (κ2) is 5.99. The highest BCUT2D eigenvalue weighted by Crippen LogP contribution is 2.34. The van der Waals surface area contributed by atoms with Crippen molar-refractivity contribution in [2.75, 3.05) is 6.61 Å². The largest absolute Gasteiger partial charge is 0.481 e. The van der Waals surface area contributed by atoms with E-state index in [1.165, 1.54) is 13.8 Å². The van der Waals surface area contributed by atoms with Crippen molar-refractivity contribution in [1.82, 2.24) is 0 Å². The maximum atomic E-state index is 11.7. The van der Waals surface area contributed by atoms with Gasteiger partial charge in [0.05, 0.1) is 6.61 Å². The number of rotatable bonds is 7. The number of carboxylic acids is 3. The Kier molecular flexibility index (Phi) is 5.28. The molecule has 0 heterocycles. The minimum Gasteiger partial charge on any atom is -0.481 e. The Labute approximate surface area is 102 Å². The van der Waals surface area contributed by atoms with Gasteiger partial charge in [0, 0.05) is 0 Å². The summed E-state index contributed by atoms with van der Waals surface area (Å²) in [6.45, 7) is 2.43. The molecule has 0 aromatic rings. The van der Waals surface area contributed by atoms with Gasteiger partial charge in [-0.05, 0) is 13.3 Å². The lowest BCUT2D eigenvalue weighted by atomic mass is 9.73. The zero-order valence-corrected chi connectivity index (χ0v) is 9.87. The molecule has 0 aliphatic heterocycles. The molecule has 0 aromatic heterocycles. The summed E-state index contributed by atoms with van der Waals surface area (Å²) in [6, 6.07) is 0. The van der Waals surface area contributed by atoms with Gasteiger partial charge < -0.3 is 20.1 Å². The van der Waals surface area contributed by atoms with E-state index in [9.17, 15) is 19.2 Å². The van der Waals surface area contributed by atoms with Crippen LogP contribution in [0.3, 0.4) is 0 Å². The van der Waals surface area contributed by atoms with Crippen LogP contribution in [0.4, 0.5) is 0 Å². The number of hydrogen-bond donors (Lipinski definition) is 3. The van der Waals surface area contributed by atoms with E-state index >= 15 is 0 Å². The molecule has 0 spiro atoms. The van der Waals surface area contributed by atoms with Crippen molar-refractivity contribution in [2.24, 2.45) is 11.3 Å². The lowest BCUT2D eigenvalue weighted by molar-refractivity contribution is -0.185. The Hall–Kier alpha value is -2.12. The Morgan fingerprint density at radius 1 is 1.06 bits per heavy atom. The van der Waals surface area contributed by atoms with Gasteiger partial charge in [-0.15, -0.1) is 0 Å². The minimum atomic E-state index is -2.63. The molecule has 0 aliphatic carbocycles. The first-order chi connectivity index (χ1) is 8.25. The molecule has 0 rings (SSSR count). The maximum Gasteiger partial charge on any atom is 0.325 e. The Balaban J connectivity index is 5.85. The fraction of sp³-hybridized carbons (Fsp3) is 0.600. The molecule has 0 radical (unpaired) electrons. The summed E-state index contributed by atoms with van der Waals surface area (Å²) in [6.07, 6.45) is -0.509. The summed E-state index contributed by atoms with van der Waals surface area (Å²) in [5, 5.41) is 26.7. The summed E-state index contributed by atoms with van der Waals surface area (Å²) in [7, 11) is 0. The van der Waals surface area contributed by atoms with Crippen molar-refractivity contribution >= 4 is 23.9 Å². The standard InChI is InChI=1S/C10H14O8/c1-3-10(8(15)16,9(17)18-4-2)5(6(11)12)7(13)14/h5H,3-4H2,1-2H3,(H,11,12)(H,13,14)(H,15,16)/t10-/m0/s1. The lowest BCUT2D eigenvalue weighted by Crippen LogP contribution is -2.52. The molecule has 8 nitrogen and oxygen atoms in total. The molecule has 0 unspecified atom stereocenters. The topological polar surface area (TPSA) is 138 Å². The highest BCUT2D eigenvalue weighted by Gasteiger charge is 2.59. The average molecular weight is 262 g/mol. The van der Waals surface area contributed by atoms with Gasteiger partial charge in [0.1, 0.15) is 0 Å². The van der Waals surface area contributed by atoms with Crippen LogP contribution >= 0.6 is 0 Å². The molecule has 1 atom stereocenters. The van der Waals surface area contributed by atoms with Crippen molar-refractivity contribution < 1.29 is 39.2 Å². The molecule has 0 aromatic carbocycles. The highest BCUT2D eigenvalue weighted by molar-refractivity contribution is 6.09. The van der Waals surface area contributed by atoms with Crippen LogP contribution in [0.2, 0.25) is 0 Å². The number of carboxylic acid groups (broad SMARTS) is 3. The van der Waals surface area contributed by atoms with Gasteiger partial charge >= 0.3 is 23.9 Å². The molecule has 0 fully saturated rings. The molecule has 0 saturated heterocycles. The number of aliphatic carboxylic acids is 3. The fourth-order valence-corrected chi connectivity index (χ4v) is 1.62. The third-order valence-corrected chi connectivity index (χ3v) is 2.57. The average Bonchev–Trinajstić information content (AvgIpc) is 2.23. The predicted octanol–water partition coefficient (Wildman–Crippen LogP) is -0.184. The Morgan fingerprint density at radius 2 is 1.50 bits per heavy atom. The van der Waals surface area contributed by atoms with E-state index in [1.54, 1.807) is 0 Å². The zero-order valence-electron chi connectivity index (χ0n) is 9.87. The molecular weight excluding hydrogens is 248 g/mol.